The number of rotatable bonds is 4. The zero-order valence-corrected chi connectivity index (χ0v) is 20.4. The molecule has 0 amide bonds. The molecule has 0 saturated carbocycles. The Balaban J connectivity index is 1.59. The van der Waals surface area contributed by atoms with Crippen LogP contribution in [0.1, 0.15) is 29.9 Å². The molecule has 1 aromatic carbocycles. The number of aliphatic hydroxyl groups excluding tert-OH is 6. The van der Waals surface area contributed by atoms with Crippen LogP contribution in [0, 0.1) is 6.92 Å². The smallest absolute Gasteiger partial charge is 0.226 e. The normalized spacial score (nSPS) is 35.7. The van der Waals surface area contributed by atoms with Gasteiger partial charge in [-0.15, -0.1) is 0 Å². The fourth-order valence-electron chi connectivity index (χ4n) is 5.04. The fraction of sp³-hybridized carbons (Fsp3) is 0.480. The number of aliphatic hydroxyl groups is 6. The van der Waals surface area contributed by atoms with Crippen molar-refractivity contribution < 1.29 is 59.1 Å². The van der Waals surface area contributed by atoms with Crippen LogP contribution < -0.4 is 5.43 Å². The lowest BCUT2D eigenvalue weighted by molar-refractivity contribution is -0.231. The molecule has 0 radical (unpaired) electrons. The van der Waals surface area contributed by atoms with Crippen molar-refractivity contribution in [2.24, 2.45) is 0 Å². The van der Waals surface area contributed by atoms with E-state index in [0.29, 0.717) is 5.56 Å². The molecule has 13 nitrogen and oxygen atoms in total. The molecule has 2 aromatic rings. The number of ether oxygens (including phenoxy) is 4. The quantitative estimate of drug-likeness (QED) is 0.278. The number of phenols is 1. The average molecular weight is 536 g/mol. The van der Waals surface area contributed by atoms with E-state index in [9.17, 15) is 40.5 Å². The monoisotopic (exact) mass is 536 g/mol. The van der Waals surface area contributed by atoms with Gasteiger partial charge in [-0.3, -0.25) is 4.79 Å². The van der Waals surface area contributed by atoms with Crippen molar-refractivity contribution in [3.63, 3.8) is 0 Å². The van der Waals surface area contributed by atoms with Gasteiger partial charge in [-0.05, 0) is 25.5 Å². The van der Waals surface area contributed by atoms with Crippen LogP contribution in [0.2, 0.25) is 0 Å². The lowest BCUT2D eigenvalue weighted by atomic mass is 9.89. The molecule has 3 aliphatic heterocycles. The van der Waals surface area contributed by atoms with Gasteiger partial charge in [0.2, 0.25) is 5.79 Å². The van der Waals surface area contributed by atoms with Gasteiger partial charge >= 0.3 is 0 Å². The van der Waals surface area contributed by atoms with Crippen molar-refractivity contribution in [3.8, 4) is 5.75 Å². The van der Waals surface area contributed by atoms with Gasteiger partial charge < -0.3 is 59.1 Å². The number of aromatic hydroxyl groups is 1. The highest BCUT2D eigenvalue weighted by Gasteiger charge is 2.50. The van der Waals surface area contributed by atoms with Crippen LogP contribution in [0.5, 0.6) is 5.75 Å². The van der Waals surface area contributed by atoms with Gasteiger partial charge in [-0.1, -0.05) is 6.58 Å². The summed E-state index contributed by atoms with van der Waals surface area (Å²) in [5, 5.41) is 71.6. The zero-order chi connectivity index (χ0) is 27.7. The average Bonchev–Trinajstić information content (AvgIpc) is 3.39. The Bertz CT molecular complexity index is 1380. The Morgan fingerprint density at radius 2 is 1.79 bits per heavy atom. The number of hydrogen-bond donors (Lipinski definition) is 7. The zero-order valence-electron chi connectivity index (χ0n) is 20.4. The Kier molecular flexibility index (Phi) is 6.43. The van der Waals surface area contributed by atoms with Crippen LogP contribution >= 0.6 is 0 Å². The minimum absolute atomic E-state index is 0.0394. The van der Waals surface area contributed by atoms with E-state index >= 15 is 0 Å². The van der Waals surface area contributed by atoms with Crippen LogP contribution in [0.15, 0.2) is 45.2 Å². The maximum Gasteiger partial charge on any atom is 0.226 e. The predicted molar refractivity (Wildman–Crippen MR) is 126 cm³/mol. The highest BCUT2D eigenvalue weighted by Crippen LogP contribution is 2.44. The summed E-state index contributed by atoms with van der Waals surface area (Å²) < 4.78 is 28.8. The summed E-state index contributed by atoms with van der Waals surface area (Å²) >= 11 is 0. The summed E-state index contributed by atoms with van der Waals surface area (Å²) in [4.78, 5) is 13.3. The third kappa shape index (κ3) is 3.94. The molecule has 2 fully saturated rings. The molecule has 0 bridgehead atoms. The largest absolute Gasteiger partial charge is 0.507 e. The predicted octanol–water partition coefficient (Wildman–Crippen LogP) is 0.150. The van der Waals surface area contributed by atoms with E-state index < -0.39 is 77.8 Å². The number of fused-ring (bicyclic) bond motifs is 1. The van der Waals surface area contributed by atoms with E-state index in [1.54, 1.807) is 6.92 Å². The van der Waals surface area contributed by atoms with E-state index in [0.717, 1.165) is 6.07 Å². The van der Waals surface area contributed by atoms with Gasteiger partial charge in [0.15, 0.2) is 34.6 Å². The molecule has 38 heavy (non-hydrogen) atoms. The molecule has 0 aliphatic carbocycles. The lowest BCUT2D eigenvalue weighted by Gasteiger charge is -2.40. The first kappa shape index (κ1) is 26.4. The SMILES string of the molecule is C=C1OC(C2COC(C)(c3cc(=O)c4c(C)cc(O)c(C5O[C@H](CO)[C@@H](O)[C@H](O)[C@H]5O)c4o3)O2)C(O)=C1O. The molecule has 2 saturated heterocycles. The molecule has 206 valence electrons. The highest BCUT2D eigenvalue weighted by molar-refractivity contribution is 5.86. The number of hydrogen-bond acceptors (Lipinski definition) is 13. The van der Waals surface area contributed by atoms with Gasteiger partial charge in [-0.2, -0.15) is 0 Å². The first-order chi connectivity index (χ1) is 17.9. The minimum Gasteiger partial charge on any atom is -0.507 e. The molecule has 5 rings (SSSR count). The molecule has 4 unspecified atom stereocenters. The van der Waals surface area contributed by atoms with Crippen LogP contribution in [-0.4, -0.2) is 85.6 Å². The Labute approximate surface area is 215 Å². The molecular weight excluding hydrogens is 508 g/mol. The maximum absolute atomic E-state index is 13.3. The molecular formula is C25H28O13. The van der Waals surface area contributed by atoms with Crippen molar-refractivity contribution in [1.82, 2.24) is 0 Å². The third-order valence-electron chi connectivity index (χ3n) is 7.12. The molecule has 1 aromatic heterocycles. The first-order valence-corrected chi connectivity index (χ1v) is 11.8. The summed E-state index contributed by atoms with van der Waals surface area (Å²) in [6.45, 7) is 5.67. The highest BCUT2D eigenvalue weighted by atomic mass is 16.8. The van der Waals surface area contributed by atoms with Crippen LogP contribution in [0.3, 0.4) is 0 Å². The van der Waals surface area contributed by atoms with Crippen molar-refractivity contribution >= 4 is 11.0 Å². The number of phenolic OH excluding ortho intramolecular Hbond substituents is 1. The van der Waals surface area contributed by atoms with E-state index in [4.69, 9.17) is 23.4 Å². The number of aryl methyl sites for hydroxylation is 1. The van der Waals surface area contributed by atoms with Crippen molar-refractivity contribution in [2.75, 3.05) is 13.2 Å². The second-order valence-electron chi connectivity index (χ2n) is 9.66. The van der Waals surface area contributed by atoms with Crippen LogP contribution in [0.4, 0.5) is 0 Å². The summed E-state index contributed by atoms with van der Waals surface area (Å²) in [5.74, 6) is -3.40. The standard InChI is InChI=1S/C25H28O13/c1-8-4-10(27)16(24-21(33)19(31)18(30)12(6-26)36-24)23-15(8)11(28)5-14(37-23)25(3)34-7-13(38-25)22-20(32)17(29)9(2)35-22/h4-5,12-13,18-19,21-22,24,26-27,29-33H,2,6-7H2,1,3H3/t12-,13?,18-,19+,21-,22?,24?,25?/m1/s1. The van der Waals surface area contributed by atoms with E-state index in [2.05, 4.69) is 6.58 Å². The molecule has 3 aliphatic rings. The molecule has 4 heterocycles. The topological polar surface area (TPSA) is 209 Å². The van der Waals surface area contributed by atoms with Crippen LogP contribution in [-0.2, 0) is 24.7 Å². The Morgan fingerprint density at radius 1 is 1.08 bits per heavy atom. The Hall–Kier alpha value is -3.17. The van der Waals surface area contributed by atoms with E-state index in [1.165, 1.54) is 13.0 Å². The minimum atomic E-state index is -1.76. The fourth-order valence-corrected chi connectivity index (χ4v) is 5.04. The molecule has 8 atom stereocenters. The summed E-state index contributed by atoms with van der Waals surface area (Å²) in [6, 6.07) is 2.40. The summed E-state index contributed by atoms with van der Waals surface area (Å²) in [6.07, 6.45) is -9.96. The molecule has 13 heteroatoms. The Morgan fingerprint density at radius 3 is 2.42 bits per heavy atom. The van der Waals surface area contributed by atoms with Gasteiger partial charge in [0, 0.05) is 6.07 Å². The van der Waals surface area contributed by atoms with Crippen LogP contribution in [0.25, 0.3) is 11.0 Å². The third-order valence-corrected chi connectivity index (χ3v) is 7.12. The number of benzene rings is 1. The second kappa shape index (κ2) is 9.24. The van der Waals surface area contributed by atoms with Gasteiger partial charge in [-0.25, -0.2) is 0 Å². The summed E-state index contributed by atoms with van der Waals surface area (Å²) in [5.41, 5.74) is -0.601. The van der Waals surface area contributed by atoms with E-state index in [-0.39, 0.29) is 34.7 Å². The second-order valence-corrected chi connectivity index (χ2v) is 9.66. The van der Waals surface area contributed by atoms with E-state index in [1.807, 2.05) is 0 Å². The van der Waals surface area contributed by atoms with Crippen molar-refractivity contribution in [2.45, 2.75) is 62.4 Å². The van der Waals surface area contributed by atoms with Gasteiger partial charge in [0.25, 0.3) is 0 Å². The molecule has 7 N–H and O–H groups in total. The maximum atomic E-state index is 13.3. The van der Waals surface area contributed by atoms with Crippen molar-refractivity contribution in [1.29, 1.82) is 0 Å². The van der Waals surface area contributed by atoms with Gasteiger partial charge in [0.05, 0.1) is 24.2 Å². The van der Waals surface area contributed by atoms with Gasteiger partial charge in [0.1, 0.15) is 48.0 Å². The molecule has 0 spiro atoms. The first-order valence-electron chi connectivity index (χ1n) is 11.8. The lowest BCUT2D eigenvalue weighted by Crippen LogP contribution is -2.55. The van der Waals surface area contributed by atoms with Crippen molar-refractivity contribution in [3.05, 3.63) is 63.1 Å². The summed E-state index contributed by atoms with van der Waals surface area (Å²) in [7, 11) is 0.